The van der Waals surface area contributed by atoms with Crippen molar-refractivity contribution in [1.82, 2.24) is 4.90 Å². The number of benzene rings is 1. The van der Waals surface area contributed by atoms with Crippen molar-refractivity contribution >= 4 is 40.9 Å². The molecule has 114 valence electrons. The number of fused-ring (bicyclic) bond motifs is 1. The van der Waals surface area contributed by atoms with Crippen molar-refractivity contribution < 1.29 is 4.79 Å². The van der Waals surface area contributed by atoms with Crippen molar-refractivity contribution in [2.45, 2.75) is 23.8 Å². The highest BCUT2D eigenvalue weighted by Gasteiger charge is 2.42. The molecule has 21 heavy (non-hydrogen) atoms. The molecule has 1 saturated carbocycles. The van der Waals surface area contributed by atoms with Gasteiger partial charge in [0.2, 0.25) is 0 Å². The molecular weight excluding hydrogens is 327 g/mol. The molecule has 0 radical (unpaired) electrons. The maximum absolute atomic E-state index is 12.7. The minimum Gasteiger partial charge on any atom is -0.338 e. The van der Waals surface area contributed by atoms with Gasteiger partial charge in [-0.3, -0.25) is 4.79 Å². The third-order valence-corrected chi connectivity index (χ3v) is 6.19. The van der Waals surface area contributed by atoms with Crippen LogP contribution in [0.2, 0.25) is 10.0 Å². The van der Waals surface area contributed by atoms with E-state index in [1.54, 1.807) is 12.1 Å². The van der Waals surface area contributed by atoms with Crippen LogP contribution < -0.4 is 5.73 Å². The molecule has 2 aliphatic rings. The number of carbonyl (C=O) groups excluding carboxylic acids is 1. The minimum absolute atomic E-state index is 0.00596. The predicted octanol–water partition coefficient (Wildman–Crippen LogP) is 3.52. The topological polar surface area (TPSA) is 46.3 Å². The standard InChI is InChI=1S/C15H18Cl2N2OS/c1-21-14-4-9(11(16)5-12(14)17)15(20)19-6-8-2-3-13(18)10(8)7-19/h4-5,8,10,13H,2-3,6-7,18H2,1H3. The van der Waals surface area contributed by atoms with E-state index in [4.69, 9.17) is 28.9 Å². The second kappa shape index (κ2) is 5.99. The number of nitrogens with zero attached hydrogens (tertiary/aromatic N) is 1. The first kappa shape index (κ1) is 15.5. The summed E-state index contributed by atoms with van der Waals surface area (Å²) in [7, 11) is 0. The molecule has 0 bridgehead atoms. The second-order valence-corrected chi connectivity index (χ2v) is 7.50. The molecule has 1 heterocycles. The van der Waals surface area contributed by atoms with E-state index < -0.39 is 0 Å². The molecule has 6 heteroatoms. The maximum Gasteiger partial charge on any atom is 0.255 e. The Kier molecular flexibility index (Phi) is 4.42. The number of amides is 1. The highest BCUT2D eigenvalue weighted by Crippen LogP contribution is 2.39. The minimum atomic E-state index is -0.00596. The Labute approximate surface area is 139 Å². The van der Waals surface area contributed by atoms with Crippen LogP contribution in [0.1, 0.15) is 23.2 Å². The van der Waals surface area contributed by atoms with Crippen molar-refractivity contribution in [3.8, 4) is 0 Å². The zero-order valence-corrected chi connectivity index (χ0v) is 14.1. The van der Waals surface area contributed by atoms with Crippen LogP contribution in [0.15, 0.2) is 17.0 Å². The van der Waals surface area contributed by atoms with Gasteiger partial charge in [-0.05, 0) is 43.1 Å². The molecule has 1 aliphatic carbocycles. The Morgan fingerprint density at radius 2 is 2.05 bits per heavy atom. The van der Waals surface area contributed by atoms with E-state index in [1.807, 2.05) is 11.2 Å². The van der Waals surface area contributed by atoms with Gasteiger partial charge in [-0.25, -0.2) is 0 Å². The third kappa shape index (κ3) is 2.79. The molecule has 1 amide bonds. The average Bonchev–Trinajstić information content (AvgIpc) is 3.01. The van der Waals surface area contributed by atoms with Crippen LogP contribution in [0.5, 0.6) is 0 Å². The van der Waals surface area contributed by atoms with Crippen LogP contribution in [0, 0.1) is 11.8 Å². The van der Waals surface area contributed by atoms with Crippen LogP contribution >= 0.6 is 35.0 Å². The van der Waals surface area contributed by atoms with Gasteiger partial charge in [-0.15, -0.1) is 11.8 Å². The van der Waals surface area contributed by atoms with Crippen molar-refractivity contribution in [2.75, 3.05) is 19.3 Å². The first-order valence-corrected chi connectivity index (χ1v) is 9.07. The van der Waals surface area contributed by atoms with E-state index in [0.29, 0.717) is 27.4 Å². The molecule has 3 nitrogen and oxygen atoms in total. The summed E-state index contributed by atoms with van der Waals surface area (Å²) in [6.45, 7) is 1.54. The van der Waals surface area contributed by atoms with Crippen LogP contribution in [-0.2, 0) is 0 Å². The van der Waals surface area contributed by atoms with Gasteiger partial charge in [-0.2, -0.15) is 0 Å². The molecule has 3 atom stereocenters. The summed E-state index contributed by atoms with van der Waals surface area (Å²) < 4.78 is 0. The van der Waals surface area contributed by atoms with E-state index >= 15 is 0 Å². The zero-order valence-electron chi connectivity index (χ0n) is 11.8. The fraction of sp³-hybridized carbons (Fsp3) is 0.533. The Balaban J connectivity index is 1.83. The zero-order chi connectivity index (χ0) is 15.1. The summed E-state index contributed by atoms with van der Waals surface area (Å²) in [4.78, 5) is 15.5. The highest BCUT2D eigenvalue weighted by atomic mass is 35.5. The fourth-order valence-electron chi connectivity index (χ4n) is 3.49. The van der Waals surface area contributed by atoms with E-state index in [0.717, 1.165) is 30.8 Å². The van der Waals surface area contributed by atoms with E-state index in [1.165, 1.54) is 11.8 Å². The van der Waals surface area contributed by atoms with Crippen molar-refractivity contribution in [2.24, 2.45) is 17.6 Å². The van der Waals surface area contributed by atoms with Crippen LogP contribution in [0.25, 0.3) is 0 Å². The largest absolute Gasteiger partial charge is 0.338 e. The van der Waals surface area contributed by atoms with Gasteiger partial charge >= 0.3 is 0 Å². The van der Waals surface area contributed by atoms with Crippen molar-refractivity contribution in [3.05, 3.63) is 27.7 Å². The lowest BCUT2D eigenvalue weighted by molar-refractivity contribution is 0.0779. The SMILES string of the molecule is CSc1cc(C(=O)N2CC3CCC(N)C3C2)c(Cl)cc1Cl. The number of rotatable bonds is 2. The third-order valence-electron chi connectivity index (χ3n) is 4.67. The van der Waals surface area contributed by atoms with Crippen molar-refractivity contribution in [1.29, 1.82) is 0 Å². The molecule has 2 N–H and O–H groups in total. The van der Waals surface area contributed by atoms with E-state index in [9.17, 15) is 4.79 Å². The Hall–Kier alpha value is -0.420. The molecule has 1 aliphatic heterocycles. The lowest BCUT2D eigenvalue weighted by Crippen LogP contribution is -2.33. The monoisotopic (exact) mass is 344 g/mol. The molecule has 0 aromatic heterocycles. The molecule has 1 aromatic rings. The van der Waals surface area contributed by atoms with Crippen LogP contribution in [0.3, 0.4) is 0 Å². The molecule has 1 aromatic carbocycles. The quantitative estimate of drug-likeness (QED) is 0.834. The molecule has 0 spiro atoms. The van der Waals surface area contributed by atoms with Gasteiger partial charge in [0.1, 0.15) is 0 Å². The average molecular weight is 345 g/mol. The molecule has 3 unspecified atom stereocenters. The Morgan fingerprint density at radius 1 is 1.29 bits per heavy atom. The number of hydrogen-bond donors (Lipinski definition) is 1. The lowest BCUT2D eigenvalue weighted by atomic mass is 9.98. The van der Waals surface area contributed by atoms with Crippen LogP contribution in [0.4, 0.5) is 0 Å². The summed E-state index contributed by atoms with van der Waals surface area (Å²) >= 11 is 13.8. The summed E-state index contributed by atoms with van der Waals surface area (Å²) in [5, 5.41) is 1.01. The number of halogens is 2. The van der Waals surface area contributed by atoms with Gasteiger partial charge in [0.15, 0.2) is 0 Å². The first-order chi connectivity index (χ1) is 10.0. The van der Waals surface area contributed by atoms with Gasteiger partial charge in [0.05, 0.1) is 15.6 Å². The van der Waals surface area contributed by atoms with Gasteiger partial charge < -0.3 is 10.6 Å². The number of thioether (sulfide) groups is 1. The predicted molar refractivity (Wildman–Crippen MR) is 88.3 cm³/mol. The summed E-state index contributed by atoms with van der Waals surface area (Å²) in [5.74, 6) is 0.989. The maximum atomic E-state index is 12.7. The van der Waals surface area contributed by atoms with Gasteiger partial charge in [-0.1, -0.05) is 23.2 Å². The lowest BCUT2D eigenvalue weighted by Gasteiger charge is -2.20. The molecule has 1 saturated heterocycles. The molecule has 3 rings (SSSR count). The number of nitrogens with two attached hydrogens (primary N) is 1. The second-order valence-electron chi connectivity index (χ2n) is 5.84. The number of carbonyl (C=O) groups is 1. The summed E-state index contributed by atoms with van der Waals surface area (Å²) in [6, 6.07) is 3.69. The number of hydrogen-bond acceptors (Lipinski definition) is 3. The Bertz CT molecular complexity index is 581. The summed E-state index contributed by atoms with van der Waals surface area (Å²) in [6.07, 6.45) is 4.14. The van der Waals surface area contributed by atoms with Gasteiger partial charge in [0.25, 0.3) is 5.91 Å². The molecule has 2 fully saturated rings. The highest BCUT2D eigenvalue weighted by molar-refractivity contribution is 7.98. The van der Waals surface area contributed by atoms with Gasteiger partial charge in [0, 0.05) is 24.0 Å². The Morgan fingerprint density at radius 3 is 2.71 bits per heavy atom. The smallest absolute Gasteiger partial charge is 0.255 e. The normalized spacial score (nSPS) is 28.0. The van der Waals surface area contributed by atoms with E-state index in [-0.39, 0.29) is 11.9 Å². The van der Waals surface area contributed by atoms with Crippen LogP contribution in [-0.4, -0.2) is 36.2 Å². The summed E-state index contributed by atoms with van der Waals surface area (Å²) in [5.41, 5.74) is 6.67. The fourth-order valence-corrected chi connectivity index (χ4v) is 4.68. The molecular formula is C15H18Cl2N2OS. The van der Waals surface area contributed by atoms with Crippen molar-refractivity contribution in [3.63, 3.8) is 0 Å². The number of likely N-dealkylation sites (tertiary alicyclic amines) is 1. The van der Waals surface area contributed by atoms with E-state index in [2.05, 4.69) is 0 Å². The first-order valence-electron chi connectivity index (χ1n) is 7.09.